The molecule has 7 heteroatoms. The summed E-state index contributed by atoms with van der Waals surface area (Å²) in [6.45, 7) is 3.32. The highest BCUT2D eigenvalue weighted by Crippen LogP contribution is 2.52. The number of hydrogen-bond donors (Lipinski definition) is 0. The van der Waals surface area contributed by atoms with Crippen LogP contribution in [0, 0.1) is 11.8 Å². The van der Waals surface area contributed by atoms with Crippen LogP contribution in [0.3, 0.4) is 0 Å². The van der Waals surface area contributed by atoms with Gasteiger partial charge in [0, 0.05) is 12.0 Å². The highest BCUT2D eigenvalue weighted by atomic mass is 16.7. The summed E-state index contributed by atoms with van der Waals surface area (Å²) >= 11 is 0. The molecule has 3 aliphatic rings. The second-order valence-electron chi connectivity index (χ2n) is 5.04. The molecule has 3 fully saturated rings. The van der Waals surface area contributed by atoms with E-state index in [9.17, 15) is 14.4 Å². The second-order valence-corrected chi connectivity index (χ2v) is 5.04. The summed E-state index contributed by atoms with van der Waals surface area (Å²) in [5.74, 6) is -2.32. The predicted octanol–water partition coefficient (Wildman–Crippen LogP) is -0.414. The van der Waals surface area contributed by atoms with Crippen LogP contribution in [0.15, 0.2) is 12.7 Å². The molecular formula is C13H14O7. The topological polar surface area (TPSA) is 88.1 Å². The zero-order valence-corrected chi connectivity index (χ0v) is 10.8. The Morgan fingerprint density at radius 2 is 2.10 bits per heavy atom. The Balaban J connectivity index is 1.83. The van der Waals surface area contributed by atoms with Crippen LogP contribution in [0.5, 0.6) is 0 Å². The maximum Gasteiger partial charge on any atom is 0.330 e. The second kappa shape index (κ2) is 4.59. The lowest BCUT2D eigenvalue weighted by atomic mass is 9.77. The molecule has 0 saturated carbocycles. The smallest absolute Gasteiger partial charge is 0.330 e. The van der Waals surface area contributed by atoms with Crippen molar-refractivity contribution in [2.75, 3.05) is 7.11 Å². The Hall–Kier alpha value is -1.89. The van der Waals surface area contributed by atoms with Gasteiger partial charge >= 0.3 is 17.9 Å². The van der Waals surface area contributed by atoms with Crippen molar-refractivity contribution in [2.24, 2.45) is 11.8 Å². The minimum atomic E-state index is -0.692. The number of esters is 3. The van der Waals surface area contributed by atoms with Crippen molar-refractivity contribution in [1.82, 2.24) is 0 Å². The molecule has 2 bridgehead atoms. The van der Waals surface area contributed by atoms with Crippen LogP contribution in [-0.2, 0) is 33.3 Å². The SMILES string of the molecule is C=CC(=O)OC1C2OC3C1OC(=O)C3C2CC(=O)OC. The molecule has 20 heavy (non-hydrogen) atoms. The normalized spacial score (nSPS) is 40.4. The van der Waals surface area contributed by atoms with Gasteiger partial charge in [0.05, 0.1) is 19.4 Å². The third-order valence-corrected chi connectivity index (χ3v) is 4.10. The van der Waals surface area contributed by atoms with Crippen LogP contribution in [0.2, 0.25) is 0 Å². The summed E-state index contributed by atoms with van der Waals surface area (Å²) in [6.07, 6.45) is -1.19. The third kappa shape index (κ3) is 1.73. The van der Waals surface area contributed by atoms with Gasteiger partial charge < -0.3 is 18.9 Å². The Morgan fingerprint density at radius 1 is 1.35 bits per heavy atom. The Kier molecular flexibility index (Phi) is 3.01. The highest BCUT2D eigenvalue weighted by Gasteiger charge is 2.69. The molecule has 0 spiro atoms. The molecule has 0 aromatic rings. The van der Waals surface area contributed by atoms with Crippen molar-refractivity contribution < 1.29 is 33.3 Å². The molecule has 6 unspecified atom stereocenters. The average molecular weight is 282 g/mol. The average Bonchev–Trinajstić information content (AvgIpc) is 3.02. The Morgan fingerprint density at radius 3 is 2.75 bits per heavy atom. The van der Waals surface area contributed by atoms with Crippen LogP contribution in [-0.4, -0.2) is 49.4 Å². The molecule has 0 aromatic heterocycles. The molecule has 3 heterocycles. The van der Waals surface area contributed by atoms with Crippen molar-refractivity contribution in [3.05, 3.63) is 12.7 Å². The fraction of sp³-hybridized carbons (Fsp3) is 0.615. The molecule has 3 saturated heterocycles. The lowest BCUT2D eigenvalue weighted by Gasteiger charge is -2.27. The van der Waals surface area contributed by atoms with E-state index >= 15 is 0 Å². The molecule has 6 atom stereocenters. The van der Waals surface area contributed by atoms with Crippen LogP contribution in [0.25, 0.3) is 0 Å². The first-order valence-electron chi connectivity index (χ1n) is 6.32. The van der Waals surface area contributed by atoms with Gasteiger partial charge in [-0.25, -0.2) is 4.79 Å². The molecule has 108 valence electrons. The number of carbonyl (C=O) groups excluding carboxylic acids is 3. The summed E-state index contributed by atoms with van der Waals surface area (Å²) in [6, 6.07) is 0. The minimum Gasteiger partial charge on any atom is -0.469 e. The molecular weight excluding hydrogens is 268 g/mol. The summed E-state index contributed by atoms with van der Waals surface area (Å²) < 4.78 is 20.7. The highest BCUT2D eigenvalue weighted by molar-refractivity contribution is 5.82. The van der Waals surface area contributed by atoms with E-state index in [4.69, 9.17) is 14.2 Å². The monoisotopic (exact) mass is 282 g/mol. The number of ether oxygens (including phenoxy) is 4. The predicted molar refractivity (Wildman–Crippen MR) is 62.2 cm³/mol. The largest absolute Gasteiger partial charge is 0.469 e. The summed E-state index contributed by atoms with van der Waals surface area (Å²) in [7, 11) is 1.28. The lowest BCUT2D eigenvalue weighted by Crippen LogP contribution is -2.45. The van der Waals surface area contributed by atoms with Crippen molar-refractivity contribution in [1.29, 1.82) is 0 Å². The Bertz CT molecular complexity index is 485. The summed E-state index contributed by atoms with van der Waals surface area (Å²) in [4.78, 5) is 34.7. The van der Waals surface area contributed by atoms with Crippen molar-refractivity contribution in [3.63, 3.8) is 0 Å². The maximum absolute atomic E-state index is 11.9. The van der Waals surface area contributed by atoms with Crippen molar-refractivity contribution in [2.45, 2.75) is 30.8 Å². The van der Waals surface area contributed by atoms with E-state index in [1.54, 1.807) is 0 Å². The summed E-state index contributed by atoms with van der Waals surface area (Å²) in [5.41, 5.74) is 0. The van der Waals surface area contributed by atoms with E-state index in [0.29, 0.717) is 0 Å². The molecule has 7 nitrogen and oxygen atoms in total. The van der Waals surface area contributed by atoms with Gasteiger partial charge in [0.25, 0.3) is 0 Å². The molecule has 0 N–H and O–H groups in total. The standard InChI is InChI=1S/C13H14O7/c1-3-6(14)18-11-9-5(4-7(15)17-2)8-10(19-9)12(11)20-13(8)16/h3,5,8-12H,1,4H2,2H3. The molecule has 0 aromatic carbocycles. The molecule has 0 amide bonds. The lowest BCUT2D eigenvalue weighted by molar-refractivity contribution is -0.156. The van der Waals surface area contributed by atoms with E-state index in [1.165, 1.54) is 7.11 Å². The number of hydrogen-bond acceptors (Lipinski definition) is 7. The van der Waals surface area contributed by atoms with Gasteiger partial charge in [0.15, 0.2) is 12.2 Å². The fourth-order valence-electron chi connectivity index (χ4n) is 3.28. The number of carbonyl (C=O) groups is 3. The van der Waals surface area contributed by atoms with Gasteiger partial charge in [-0.1, -0.05) is 6.58 Å². The van der Waals surface area contributed by atoms with Gasteiger partial charge in [-0.2, -0.15) is 0 Å². The zero-order chi connectivity index (χ0) is 14.4. The number of rotatable bonds is 4. The van der Waals surface area contributed by atoms with E-state index < -0.39 is 48.2 Å². The zero-order valence-electron chi connectivity index (χ0n) is 10.8. The van der Waals surface area contributed by atoms with E-state index in [0.717, 1.165) is 6.08 Å². The van der Waals surface area contributed by atoms with Crippen LogP contribution < -0.4 is 0 Å². The molecule has 3 aliphatic heterocycles. The van der Waals surface area contributed by atoms with E-state index in [1.807, 2.05) is 0 Å². The minimum absolute atomic E-state index is 0.0340. The number of methoxy groups -OCH3 is 1. The van der Waals surface area contributed by atoms with Gasteiger partial charge in [0.1, 0.15) is 12.2 Å². The van der Waals surface area contributed by atoms with E-state index in [2.05, 4.69) is 11.3 Å². The first kappa shape index (κ1) is 13.1. The van der Waals surface area contributed by atoms with Gasteiger partial charge in [-0.05, 0) is 0 Å². The first-order valence-corrected chi connectivity index (χ1v) is 6.32. The van der Waals surface area contributed by atoms with Crippen molar-refractivity contribution in [3.8, 4) is 0 Å². The first-order chi connectivity index (χ1) is 9.56. The fourth-order valence-corrected chi connectivity index (χ4v) is 3.28. The number of fused-ring (bicyclic) bond motifs is 1. The third-order valence-electron chi connectivity index (χ3n) is 4.10. The van der Waals surface area contributed by atoms with Crippen LogP contribution >= 0.6 is 0 Å². The molecule has 0 aliphatic carbocycles. The van der Waals surface area contributed by atoms with Gasteiger partial charge in [-0.15, -0.1) is 0 Å². The molecule has 0 radical (unpaired) electrons. The van der Waals surface area contributed by atoms with Crippen molar-refractivity contribution >= 4 is 17.9 Å². The molecule has 3 rings (SSSR count). The Labute approximate surface area is 114 Å². The van der Waals surface area contributed by atoms with E-state index in [-0.39, 0.29) is 12.3 Å². The van der Waals surface area contributed by atoms with Crippen LogP contribution in [0.1, 0.15) is 6.42 Å². The summed E-state index contributed by atoms with van der Waals surface area (Å²) in [5, 5.41) is 0. The van der Waals surface area contributed by atoms with Gasteiger partial charge in [-0.3, -0.25) is 9.59 Å². The maximum atomic E-state index is 11.9. The quantitative estimate of drug-likeness (QED) is 0.393. The van der Waals surface area contributed by atoms with Crippen LogP contribution in [0.4, 0.5) is 0 Å². The van der Waals surface area contributed by atoms with Gasteiger partial charge in [0.2, 0.25) is 0 Å².